The fourth-order valence-electron chi connectivity index (χ4n) is 3.78. The van der Waals surface area contributed by atoms with E-state index < -0.39 is 5.60 Å². The molecule has 0 bridgehead atoms. The first kappa shape index (κ1) is 19.6. The average molecular weight is 373 g/mol. The molecule has 27 heavy (non-hydrogen) atoms. The van der Waals surface area contributed by atoms with Crippen molar-refractivity contribution in [2.75, 3.05) is 11.4 Å². The second-order valence-electron chi connectivity index (χ2n) is 8.61. The SMILES string of the molecule is CC(=O)N1CCCC[C@H]1c1ccc(N(C(=O)OC(C)(C)C)C2CCC2)nc1. The van der Waals surface area contributed by atoms with Crippen LogP contribution in [0.25, 0.3) is 0 Å². The minimum Gasteiger partial charge on any atom is -0.443 e. The Balaban J connectivity index is 1.80. The van der Waals surface area contributed by atoms with Gasteiger partial charge in [0.15, 0.2) is 0 Å². The number of piperidine rings is 1. The number of hydrogen-bond donors (Lipinski definition) is 0. The molecule has 1 atom stereocenters. The van der Waals surface area contributed by atoms with Gasteiger partial charge in [0, 0.05) is 25.7 Å². The van der Waals surface area contributed by atoms with E-state index in [0.717, 1.165) is 50.6 Å². The van der Waals surface area contributed by atoms with Crippen LogP contribution in [0.4, 0.5) is 10.6 Å². The molecule has 1 aliphatic carbocycles. The zero-order valence-corrected chi connectivity index (χ0v) is 16.9. The Morgan fingerprint density at radius 1 is 1.15 bits per heavy atom. The van der Waals surface area contributed by atoms with Gasteiger partial charge in [-0.15, -0.1) is 0 Å². The zero-order chi connectivity index (χ0) is 19.6. The van der Waals surface area contributed by atoms with Crippen LogP contribution >= 0.6 is 0 Å². The summed E-state index contributed by atoms with van der Waals surface area (Å²) in [5, 5.41) is 0. The molecule has 0 unspecified atom stereocenters. The molecule has 0 spiro atoms. The standard InChI is InChI=1S/C21H31N3O3/c1-15(25)23-13-6-5-10-18(23)16-11-12-19(22-14-16)24(17-8-7-9-17)20(26)27-21(2,3)4/h11-12,14,17-18H,5-10,13H2,1-4H3/t18-/m0/s1. The summed E-state index contributed by atoms with van der Waals surface area (Å²) in [4.78, 5) is 32.9. The van der Waals surface area contributed by atoms with E-state index in [2.05, 4.69) is 4.98 Å². The monoisotopic (exact) mass is 373 g/mol. The Labute approximate surface area is 161 Å². The summed E-state index contributed by atoms with van der Waals surface area (Å²) < 4.78 is 5.60. The van der Waals surface area contributed by atoms with E-state index in [1.807, 2.05) is 44.0 Å². The molecule has 148 valence electrons. The summed E-state index contributed by atoms with van der Waals surface area (Å²) in [6.07, 6.45) is 7.68. The molecular weight excluding hydrogens is 342 g/mol. The Morgan fingerprint density at radius 3 is 2.41 bits per heavy atom. The Hall–Kier alpha value is -2.11. The number of carbonyl (C=O) groups excluding carboxylic acids is 2. The van der Waals surface area contributed by atoms with Gasteiger partial charge < -0.3 is 9.64 Å². The Kier molecular flexibility index (Phi) is 5.72. The maximum atomic E-state index is 12.7. The number of pyridine rings is 1. The lowest BCUT2D eigenvalue weighted by Gasteiger charge is -2.38. The van der Waals surface area contributed by atoms with Crippen LogP contribution in [0.5, 0.6) is 0 Å². The molecule has 2 aliphatic rings. The molecule has 1 saturated carbocycles. The highest BCUT2D eigenvalue weighted by atomic mass is 16.6. The molecule has 2 fully saturated rings. The third-order valence-electron chi connectivity index (χ3n) is 5.34. The van der Waals surface area contributed by atoms with Crippen molar-refractivity contribution in [2.24, 2.45) is 0 Å². The molecule has 1 aromatic heterocycles. The Bertz CT molecular complexity index is 677. The molecule has 6 nitrogen and oxygen atoms in total. The number of carbonyl (C=O) groups is 2. The minimum absolute atomic E-state index is 0.0801. The van der Waals surface area contributed by atoms with Crippen molar-refractivity contribution in [2.45, 2.75) is 83.9 Å². The van der Waals surface area contributed by atoms with Crippen LogP contribution in [0, 0.1) is 0 Å². The number of likely N-dealkylation sites (tertiary alicyclic amines) is 1. The molecule has 3 rings (SSSR count). The highest BCUT2D eigenvalue weighted by Gasteiger charge is 2.34. The molecule has 6 heteroatoms. The third kappa shape index (κ3) is 4.60. The van der Waals surface area contributed by atoms with Gasteiger partial charge in [-0.1, -0.05) is 6.07 Å². The summed E-state index contributed by atoms with van der Waals surface area (Å²) in [6, 6.07) is 4.13. The van der Waals surface area contributed by atoms with Crippen molar-refractivity contribution in [1.29, 1.82) is 0 Å². The van der Waals surface area contributed by atoms with Gasteiger partial charge in [-0.3, -0.25) is 9.69 Å². The predicted octanol–water partition coefficient (Wildman–Crippen LogP) is 4.45. The van der Waals surface area contributed by atoms with Crippen LogP contribution in [0.2, 0.25) is 0 Å². The van der Waals surface area contributed by atoms with Gasteiger partial charge in [0.05, 0.1) is 6.04 Å². The number of ether oxygens (including phenoxy) is 1. The Morgan fingerprint density at radius 2 is 1.89 bits per heavy atom. The molecule has 1 aromatic rings. The lowest BCUT2D eigenvalue weighted by molar-refractivity contribution is -0.132. The summed E-state index contributed by atoms with van der Waals surface area (Å²) >= 11 is 0. The van der Waals surface area contributed by atoms with E-state index in [1.54, 1.807) is 11.8 Å². The quantitative estimate of drug-likeness (QED) is 0.785. The summed E-state index contributed by atoms with van der Waals surface area (Å²) in [7, 11) is 0. The minimum atomic E-state index is -0.539. The number of hydrogen-bond acceptors (Lipinski definition) is 4. The lowest BCUT2D eigenvalue weighted by atomic mass is 9.91. The molecule has 1 saturated heterocycles. The molecule has 0 aromatic carbocycles. The highest BCUT2D eigenvalue weighted by Crippen LogP contribution is 2.33. The van der Waals surface area contributed by atoms with Crippen LogP contribution in [0.15, 0.2) is 18.3 Å². The number of rotatable bonds is 3. The van der Waals surface area contributed by atoms with Gasteiger partial charge in [0.2, 0.25) is 5.91 Å². The maximum absolute atomic E-state index is 12.7. The van der Waals surface area contributed by atoms with Crippen LogP contribution in [0.1, 0.15) is 77.8 Å². The van der Waals surface area contributed by atoms with Crippen LogP contribution in [-0.4, -0.2) is 40.1 Å². The van der Waals surface area contributed by atoms with Crippen molar-refractivity contribution < 1.29 is 14.3 Å². The molecule has 0 N–H and O–H groups in total. The van der Waals surface area contributed by atoms with Crippen LogP contribution in [-0.2, 0) is 9.53 Å². The first-order chi connectivity index (χ1) is 12.8. The fourth-order valence-corrected chi connectivity index (χ4v) is 3.78. The van der Waals surface area contributed by atoms with Gasteiger partial charge in [-0.25, -0.2) is 9.78 Å². The van der Waals surface area contributed by atoms with Crippen LogP contribution in [0.3, 0.4) is 0 Å². The van der Waals surface area contributed by atoms with E-state index in [0.29, 0.717) is 5.82 Å². The molecule has 0 radical (unpaired) electrons. The second kappa shape index (κ2) is 7.87. The molecular formula is C21H31N3O3. The van der Waals surface area contributed by atoms with Gasteiger partial charge >= 0.3 is 6.09 Å². The molecule has 2 amide bonds. The van der Waals surface area contributed by atoms with E-state index >= 15 is 0 Å². The first-order valence-electron chi connectivity index (χ1n) is 10.0. The van der Waals surface area contributed by atoms with Crippen LogP contribution < -0.4 is 4.90 Å². The third-order valence-corrected chi connectivity index (χ3v) is 5.34. The van der Waals surface area contributed by atoms with Gasteiger partial charge in [0.25, 0.3) is 0 Å². The van der Waals surface area contributed by atoms with E-state index in [4.69, 9.17) is 4.74 Å². The highest BCUT2D eigenvalue weighted by molar-refractivity contribution is 5.87. The van der Waals surface area contributed by atoms with E-state index in [-0.39, 0.29) is 24.1 Å². The van der Waals surface area contributed by atoms with Gasteiger partial charge in [0.1, 0.15) is 11.4 Å². The lowest BCUT2D eigenvalue weighted by Crippen LogP contribution is -2.47. The topological polar surface area (TPSA) is 62.7 Å². The molecule has 1 aliphatic heterocycles. The number of anilines is 1. The number of amides is 2. The van der Waals surface area contributed by atoms with Crippen molar-refractivity contribution in [3.05, 3.63) is 23.9 Å². The first-order valence-corrected chi connectivity index (χ1v) is 10.0. The van der Waals surface area contributed by atoms with Gasteiger partial charge in [-0.2, -0.15) is 0 Å². The van der Waals surface area contributed by atoms with Crippen molar-refractivity contribution in [3.8, 4) is 0 Å². The van der Waals surface area contributed by atoms with E-state index in [1.165, 1.54) is 0 Å². The van der Waals surface area contributed by atoms with E-state index in [9.17, 15) is 9.59 Å². The zero-order valence-electron chi connectivity index (χ0n) is 16.9. The maximum Gasteiger partial charge on any atom is 0.416 e. The fraction of sp³-hybridized carbons (Fsp3) is 0.667. The molecule has 2 heterocycles. The second-order valence-corrected chi connectivity index (χ2v) is 8.61. The van der Waals surface area contributed by atoms with Crippen molar-refractivity contribution in [3.63, 3.8) is 0 Å². The van der Waals surface area contributed by atoms with Crippen molar-refractivity contribution in [1.82, 2.24) is 9.88 Å². The average Bonchev–Trinajstić information content (AvgIpc) is 2.56. The van der Waals surface area contributed by atoms with Gasteiger partial charge in [-0.05, 0) is 70.9 Å². The largest absolute Gasteiger partial charge is 0.443 e. The normalized spacial score (nSPS) is 20.7. The summed E-state index contributed by atoms with van der Waals surface area (Å²) in [5.41, 5.74) is 0.495. The smallest absolute Gasteiger partial charge is 0.416 e. The summed E-state index contributed by atoms with van der Waals surface area (Å²) in [6.45, 7) is 8.05. The number of aromatic nitrogens is 1. The van der Waals surface area contributed by atoms with Crippen molar-refractivity contribution >= 4 is 17.8 Å². The number of nitrogens with zero attached hydrogens (tertiary/aromatic N) is 3. The predicted molar refractivity (Wildman–Crippen MR) is 105 cm³/mol. The summed E-state index contributed by atoms with van der Waals surface area (Å²) in [5.74, 6) is 0.733.